The maximum absolute atomic E-state index is 13.1. The Morgan fingerprint density at radius 3 is 2.16 bits per heavy atom. The summed E-state index contributed by atoms with van der Waals surface area (Å²) in [5, 5.41) is 5.49. The third kappa shape index (κ3) is 7.43. The number of anilines is 1. The summed E-state index contributed by atoms with van der Waals surface area (Å²) < 4.78 is 0.897. The molecule has 1 heterocycles. The summed E-state index contributed by atoms with van der Waals surface area (Å²) in [4.78, 5) is 42.4. The number of hydrogen-bond donors (Lipinski definition) is 2. The van der Waals surface area contributed by atoms with E-state index in [0.717, 1.165) is 15.6 Å². The molecule has 6 nitrogen and oxygen atoms in total. The monoisotopic (exact) mass is 551 g/mol. The van der Waals surface area contributed by atoms with Gasteiger partial charge in [0.05, 0.1) is 0 Å². The molecule has 7 heteroatoms. The summed E-state index contributed by atoms with van der Waals surface area (Å²) in [5.74, 6) is -1.07. The summed E-state index contributed by atoms with van der Waals surface area (Å²) >= 11 is 3.39. The lowest BCUT2D eigenvalue weighted by Gasteiger charge is -2.12. The molecular weight excluding hydrogens is 530 g/mol. The first-order valence-electron chi connectivity index (χ1n) is 11.4. The third-order valence-corrected chi connectivity index (χ3v) is 5.78. The van der Waals surface area contributed by atoms with Crippen molar-refractivity contribution in [1.29, 1.82) is 0 Å². The molecule has 3 aromatic carbocycles. The number of aromatic nitrogens is 1. The molecule has 2 amide bonds. The number of hydrogen-bond acceptors (Lipinski definition) is 4. The van der Waals surface area contributed by atoms with Gasteiger partial charge in [0.15, 0.2) is 5.78 Å². The zero-order valence-corrected chi connectivity index (χ0v) is 21.2. The van der Waals surface area contributed by atoms with Crippen LogP contribution in [0.5, 0.6) is 0 Å². The molecule has 0 atom stereocenters. The van der Waals surface area contributed by atoms with E-state index in [1.165, 1.54) is 6.08 Å². The van der Waals surface area contributed by atoms with Crippen molar-refractivity contribution < 1.29 is 14.4 Å². The molecule has 0 radical (unpaired) electrons. The number of rotatable bonds is 8. The van der Waals surface area contributed by atoms with Crippen molar-refractivity contribution in [2.45, 2.75) is 0 Å². The van der Waals surface area contributed by atoms with Crippen molar-refractivity contribution in [3.8, 4) is 0 Å². The number of allylic oxidation sites excluding steroid dienone is 1. The van der Waals surface area contributed by atoms with Crippen LogP contribution in [0, 0.1) is 0 Å². The van der Waals surface area contributed by atoms with Gasteiger partial charge in [0.1, 0.15) is 5.70 Å². The average molecular weight is 552 g/mol. The van der Waals surface area contributed by atoms with Crippen molar-refractivity contribution >= 4 is 51.4 Å². The number of nitrogens with zero attached hydrogens (tertiary/aromatic N) is 1. The minimum absolute atomic E-state index is 0.0794. The Morgan fingerprint density at radius 1 is 0.757 bits per heavy atom. The number of ketones is 1. The predicted octanol–water partition coefficient (Wildman–Crippen LogP) is 6.15. The summed E-state index contributed by atoms with van der Waals surface area (Å²) in [6.45, 7) is 0. The fourth-order valence-corrected chi connectivity index (χ4v) is 3.59. The normalized spacial score (nSPS) is 11.2. The molecule has 4 rings (SSSR count). The van der Waals surface area contributed by atoms with Crippen molar-refractivity contribution in [1.82, 2.24) is 10.3 Å². The van der Waals surface area contributed by atoms with E-state index in [1.807, 2.05) is 36.4 Å². The first-order chi connectivity index (χ1) is 18.0. The second kappa shape index (κ2) is 12.4. The Hall–Kier alpha value is -4.62. The Kier molecular flexibility index (Phi) is 8.52. The first kappa shape index (κ1) is 25.5. The molecule has 2 N–H and O–H groups in total. The number of amides is 2. The largest absolute Gasteiger partial charge is 0.321 e. The lowest BCUT2D eigenvalue weighted by molar-refractivity contribution is -0.113. The molecule has 0 aliphatic heterocycles. The highest BCUT2D eigenvalue weighted by molar-refractivity contribution is 9.10. The second-order valence-electron chi connectivity index (χ2n) is 7.95. The van der Waals surface area contributed by atoms with Crippen molar-refractivity contribution in [2.75, 3.05) is 5.32 Å². The molecule has 0 aliphatic carbocycles. The third-order valence-electron chi connectivity index (χ3n) is 5.25. The standard InChI is InChI=1S/C30H22BrN3O3/c31-25-13-8-21(9-14-25)19-27(34-29(36)24-6-2-1-3-7-24)30(37)33-26-15-11-23(12-16-26)28(35)17-10-22-5-4-18-32-20-22/h1-20H,(H,33,37)(H,34,36)/b17-10+,27-19-. The van der Waals surface area contributed by atoms with Crippen LogP contribution in [0.25, 0.3) is 12.2 Å². The predicted molar refractivity (Wildman–Crippen MR) is 149 cm³/mol. The lowest BCUT2D eigenvalue weighted by Crippen LogP contribution is -2.30. The van der Waals surface area contributed by atoms with E-state index in [1.54, 1.807) is 79.1 Å². The Bertz CT molecular complexity index is 1450. The Morgan fingerprint density at radius 2 is 1.49 bits per heavy atom. The molecule has 0 spiro atoms. The van der Waals surface area contributed by atoms with Gasteiger partial charge >= 0.3 is 0 Å². The van der Waals surface area contributed by atoms with Gasteiger partial charge in [-0.3, -0.25) is 19.4 Å². The van der Waals surface area contributed by atoms with Crippen LogP contribution < -0.4 is 10.6 Å². The highest BCUT2D eigenvalue weighted by atomic mass is 79.9. The van der Waals surface area contributed by atoms with Crippen LogP contribution >= 0.6 is 15.9 Å². The minimum Gasteiger partial charge on any atom is -0.321 e. The van der Waals surface area contributed by atoms with Gasteiger partial charge in [0.25, 0.3) is 11.8 Å². The summed E-state index contributed by atoms with van der Waals surface area (Å²) in [5.41, 5.74) is 3.02. The van der Waals surface area contributed by atoms with E-state index < -0.39 is 11.8 Å². The lowest BCUT2D eigenvalue weighted by atomic mass is 10.1. The van der Waals surface area contributed by atoms with Gasteiger partial charge in [-0.1, -0.05) is 52.3 Å². The van der Waals surface area contributed by atoms with Crippen LogP contribution in [0.4, 0.5) is 5.69 Å². The molecule has 4 aromatic rings. The Balaban J connectivity index is 1.49. The SMILES string of the molecule is O=C(Nc1ccc(C(=O)/C=C/c2cccnc2)cc1)/C(=C/c1ccc(Br)cc1)NC(=O)c1ccccc1. The van der Waals surface area contributed by atoms with Crippen LogP contribution in [0.1, 0.15) is 31.8 Å². The van der Waals surface area contributed by atoms with Gasteiger partial charge in [-0.05, 0) is 84.0 Å². The number of carbonyl (C=O) groups is 3. The highest BCUT2D eigenvalue weighted by Gasteiger charge is 2.15. The summed E-state index contributed by atoms with van der Waals surface area (Å²) in [6.07, 6.45) is 8.10. The van der Waals surface area contributed by atoms with Gasteiger partial charge in [-0.15, -0.1) is 0 Å². The van der Waals surface area contributed by atoms with Gasteiger partial charge in [0.2, 0.25) is 0 Å². The van der Waals surface area contributed by atoms with E-state index in [9.17, 15) is 14.4 Å². The van der Waals surface area contributed by atoms with Crippen LogP contribution in [0.15, 0.2) is 120 Å². The molecule has 0 bridgehead atoms. The van der Waals surface area contributed by atoms with Crippen molar-refractivity contribution in [2.24, 2.45) is 0 Å². The molecule has 0 saturated carbocycles. The van der Waals surface area contributed by atoms with E-state index in [-0.39, 0.29) is 11.5 Å². The van der Waals surface area contributed by atoms with E-state index >= 15 is 0 Å². The highest BCUT2D eigenvalue weighted by Crippen LogP contribution is 2.16. The van der Waals surface area contributed by atoms with E-state index in [4.69, 9.17) is 0 Å². The van der Waals surface area contributed by atoms with Crippen LogP contribution in [-0.4, -0.2) is 22.6 Å². The second-order valence-corrected chi connectivity index (χ2v) is 8.86. The molecular formula is C30H22BrN3O3. The molecule has 37 heavy (non-hydrogen) atoms. The van der Waals surface area contributed by atoms with Gasteiger partial charge < -0.3 is 10.6 Å². The molecule has 182 valence electrons. The number of benzene rings is 3. The molecule has 0 saturated heterocycles. The molecule has 0 fully saturated rings. The maximum atomic E-state index is 13.1. The van der Waals surface area contributed by atoms with Crippen LogP contribution in [0.3, 0.4) is 0 Å². The average Bonchev–Trinajstić information content (AvgIpc) is 2.94. The number of pyridine rings is 1. The minimum atomic E-state index is -0.497. The topological polar surface area (TPSA) is 88.2 Å². The quantitative estimate of drug-likeness (QED) is 0.203. The van der Waals surface area contributed by atoms with Crippen molar-refractivity contribution in [3.63, 3.8) is 0 Å². The molecule has 1 aromatic heterocycles. The fraction of sp³-hybridized carbons (Fsp3) is 0. The number of nitrogens with one attached hydrogen (secondary N) is 2. The zero-order valence-electron chi connectivity index (χ0n) is 19.6. The summed E-state index contributed by atoms with van der Waals surface area (Å²) in [7, 11) is 0. The molecule has 0 unspecified atom stereocenters. The van der Waals surface area contributed by atoms with Crippen LogP contribution in [-0.2, 0) is 4.79 Å². The van der Waals surface area contributed by atoms with Gasteiger partial charge in [0, 0.05) is 33.7 Å². The molecule has 0 aliphatic rings. The smallest absolute Gasteiger partial charge is 0.272 e. The van der Waals surface area contributed by atoms with Gasteiger partial charge in [-0.25, -0.2) is 0 Å². The van der Waals surface area contributed by atoms with Gasteiger partial charge in [-0.2, -0.15) is 0 Å². The zero-order chi connectivity index (χ0) is 26.0. The first-order valence-corrected chi connectivity index (χ1v) is 12.1. The number of halogens is 1. The maximum Gasteiger partial charge on any atom is 0.272 e. The van der Waals surface area contributed by atoms with Crippen LogP contribution in [0.2, 0.25) is 0 Å². The number of carbonyl (C=O) groups excluding carboxylic acids is 3. The van der Waals surface area contributed by atoms with E-state index in [0.29, 0.717) is 16.8 Å². The van der Waals surface area contributed by atoms with E-state index in [2.05, 4.69) is 31.5 Å². The Labute approximate surface area is 222 Å². The fourth-order valence-electron chi connectivity index (χ4n) is 3.33. The summed E-state index contributed by atoms with van der Waals surface area (Å²) in [6, 6.07) is 26.2. The van der Waals surface area contributed by atoms with Crippen molar-refractivity contribution in [3.05, 3.63) is 142 Å².